The summed E-state index contributed by atoms with van der Waals surface area (Å²) < 4.78 is 58.3. The highest BCUT2D eigenvalue weighted by atomic mass is 16.6. The van der Waals surface area contributed by atoms with Crippen LogP contribution in [0.15, 0.2) is 59.4 Å². The van der Waals surface area contributed by atoms with Crippen LogP contribution in [0.5, 0.6) is 23.0 Å². The molecular weight excluding hydrogens is 825 g/mol. The maximum absolute atomic E-state index is 13.1. The van der Waals surface area contributed by atoms with E-state index in [2.05, 4.69) is 39.4 Å². The van der Waals surface area contributed by atoms with E-state index in [0.717, 1.165) is 41.5 Å². The van der Waals surface area contributed by atoms with Gasteiger partial charge >= 0.3 is 6.03 Å². The Labute approximate surface area is 375 Å². The molecule has 6 rings (SSSR count). The third-order valence-electron chi connectivity index (χ3n) is 9.70. The number of carbonyl (C=O) groups excluding carboxylic acids is 1. The van der Waals surface area contributed by atoms with E-state index in [4.69, 9.17) is 47.4 Å². The summed E-state index contributed by atoms with van der Waals surface area (Å²) in [6.07, 6.45) is 6.69. The van der Waals surface area contributed by atoms with E-state index < -0.39 is 11.6 Å². The van der Waals surface area contributed by atoms with Crippen molar-refractivity contribution in [1.29, 1.82) is 0 Å². The van der Waals surface area contributed by atoms with Gasteiger partial charge in [0.1, 0.15) is 55.0 Å². The number of benzene rings is 3. The quantitative estimate of drug-likeness (QED) is 0.100. The maximum atomic E-state index is 13.1. The van der Waals surface area contributed by atoms with Gasteiger partial charge in [-0.15, -0.1) is 0 Å². The molecule has 0 saturated carbocycles. The van der Waals surface area contributed by atoms with Crippen LogP contribution in [0, 0.1) is 18.8 Å². The Hall–Kier alpha value is -5.41. The number of aromatic amines is 1. The first-order valence-corrected chi connectivity index (χ1v) is 22.3. The first kappa shape index (κ1) is 49.6. The van der Waals surface area contributed by atoms with Gasteiger partial charge in [-0.3, -0.25) is 15.1 Å². The molecule has 3 aromatic carbocycles. The lowest BCUT2D eigenvalue weighted by Gasteiger charge is -2.13. The van der Waals surface area contributed by atoms with Crippen molar-refractivity contribution in [3.63, 3.8) is 0 Å². The van der Waals surface area contributed by atoms with Gasteiger partial charge in [0.25, 0.3) is 5.56 Å². The van der Waals surface area contributed by atoms with Crippen molar-refractivity contribution in [3.05, 3.63) is 81.8 Å². The summed E-state index contributed by atoms with van der Waals surface area (Å²) in [7, 11) is 0. The van der Waals surface area contributed by atoms with Gasteiger partial charge in [-0.2, -0.15) is 0 Å². The van der Waals surface area contributed by atoms with Gasteiger partial charge in [0.05, 0.1) is 90.5 Å². The second-order valence-corrected chi connectivity index (χ2v) is 14.6. The second-order valence-electron chi connectivity index (χ2n) is 14.6. The first-order valence-electron chi connectivity index (χ1n) is 22.3. The molecule has 348 valence electrons. The van der Waals surface area contributed by atoms with Crippen molar-refractivity contribution in [3.8, 4) is 34.8 Å². The third kappa shape index (κ3) is 18.4. The Balaban J connectivity index is 1.13. The van der Waals surface area contributed by atoms with Gasteiger partial charge in [0.15, 0.2) is 0 Å². The Kier molecular flexibility index (Phi) is 23.1. The number of unbranched alkanes of at least 4 members (excludes halogenated alkanes) is 5. The zero-order chi connectivity index (χ0) is 44.9. The van der Waals surface area contributed by atoms with Crippen LogP contribution < -0.4 is 35.1 Å². The predicted octanol–water partition coefficient (Wildman–Crippen LogP) is 6.44. The van der Waals surface area contributed by atoms with Crippen molar-refractivity contribution in [2.45, 2.75) is 52.4 Å². The molecule has 0 fully saturated rings. The van der Waals surface area contributed by atoms with Crippen LogP contribution in [0.2, 0.25) is 0 Å². The van der Waals surface area contributed by atoms with Gasteiger partial charge in [-0.05, 0) is 43.7 Å². The monoisotopic (exact) mass is 888 g/mol. The number of carbonyl (C=O) groups is 1. The Morgan fingerprint density at radius 2 is 1.11 bits per heavy atom. The first-order chi connectivity index (χ1) is 31.5. The van der Waals surface area contributed by atoms with E-state index in [1.54, 1.807) is 25.1 Å². The molecule has 0 spiro atoms. The normalized spacial score (nSPS) is 15.8. The fourth-order valence-corrected chi connectivity index (χ4v) is 6.44. The largest absolute Gasteiger partial charge is 0.491 e. The summed E-state index contributed by atoms with van der Waals surface area (Å²) in [5.74, 6) is 8.58. The van der Waals surface area contributed by atoms with Crippen LogP contribution in [0.4, 0.5) is 10.7 Å². The number of aromatic nitrogens is 2. The second kappa shape index (κ2) is 29.9. The highest BCUT2D eigenvalue weighted by molar-refractivity contribution is 5.93. The fraction of sp³-hybridized carbons (Fsp3) is 0.521. The lowest BCUT2D eigenvalue weighted by molar-refractivity contribution is 0.00483. The molecule has 0 unspecified atom stereocenters. The molecule has 0 aliphatic carbocycles. The Morgan fingerprint density at radius 1 is 0.609 bits per heavy atom. The summed E-state index contributed by atoms with van der Waals surface area (Å²) in [6, 6.07) is 16.6. The highest BCUT2D eigenvalue weighted by Crippen LogP contribution is 2.32. The average Bonchev–Trinajstić information content (AvgIpc) is 3.29. The van der Waals surface area contributed by atoms with Crippen LogP contribution in [0.3, 0.4) is 0 Å². The maximum Gasteiger partial charge on any atom is 0.321 e. The number of H-pyrrole nitrogens is 1. The highest BCUT2D eigenvalue weighted by Gasteiger charge is 2.11. The molecule has 2 aliphatic rings. The zero-order valence-electron chi connectivity index (χ0n) is 37.3. The van der Waals surface area contributed by atoms with E-state index in [9.17, 15) is 9.59 Å². The average molecular weight is 889 g/mol. The molecule has 4 aromatic rings. The molecule has 0 atom stereocenters. The number of hydrogen-bond acceptors (Lipinski definition) is 13. The SMILES string of the molecule is CCCCCCCCNC(=O)Nc1nc(C)c(C#Cc2cc3ccc2OCCOCCOCCOCCOc2cccc4c(cccc24)OCCOCCOCCOCCO3)c(=O)[nH]1. The molecule has 16 heteroatoms. The number of rotatable bonds is 8. The number of urea groups is 1. The Bertz CT molecular complexity index is 2100. The molecule has 0 saturated heterocycles. The van der Waals surface area contributed by atoms with Gasteiger partial charge in [-0.25, -0.2) is 9.78 Å². The van der Waals surface area contributed by atoms with E-state index in [0.29, 0.717) is 122 Å². The predicted molar refractivity (Wildman–Crippen MR) is 243 cm³/mol. The number of fused-ring (bicyclic) bond motifs is 26. The number of amides is 2. The van der Waals surface area contributed by atoms with E-state index >= 15 is 0 Å². The molecule has 2 aliphatic heterocycles. The summed E-state index contributed by atoms with van der Waals surface area (Å²) in [5.41, 5.74) is 0.520. The zero-order valence-corrected chi connectivity index (χ0v) is 37.3. The number of aryl methyl sites for hydroxylation is 1. The molecule has 16 nitrogen and oxygen atoms in total. The van der Waals surface area contributed by atoms with Crippen molar-refractivity contribution >= 4 is 22.8 Å². The van der Waals surface area contributed by atoms with Gasteiger partial charge in [0, 0.05) is 17.3 Å². The van der Waals surface area contributed by atoms with E-state index in [-0.39, 0.29) is 24.7 Å². The smallest absolute Gasteiger partial charge is 0.321 e. The van der Waals surface area contributed by atoms with Crippen LogP contribution in [0.1, 0.15) is 62.3 Å². The van der Waals surface area contributed by atoms with Crippen molar-refractivity contribution in [2.75, 3.05) is 118 Å². The minimum absolute atomic E-state index is 0.0391. The molecule has 1 aromatic heterocycles. The molecule has 6 bridgehead atoms. The number of ether oxygens (including phenoxy) is 10. The number of nitrogens with zero attached hydrogens (tertiary/aromatic N) is 1. The number of hydrogen-bond donors (Lipinski definition) is 3. The summed E-state index contributed by atoms with van der Waals surface area (Å²) >= 11 is 0. The lowest BCUT2D eigenvalue weighted by Crippen LogP contribution is -2.31. The summed E-state index contributed by atoms with van der Waals surface area (Å²) in [4.78, 5) is 32.6. The van der Waals surface area contributed by atoms with E-state index in [1.165, 1.54) is 19.3 Å². The third-order valence-corrected chi connectivity index (χ3v) is 9.70. The lowest BCUT2D eigenvalue weighted by atomic mass is 10.1. The van der Waals surface area contributed by atoms with Crippen molar-refractivity contribution < 1.29 is 52.2 Å². The standard InChI is InChI=1S/C48H64N4O12/c1-3-4-5-6-7-8-19-49-48(54)52-47-50-37(2)40(46(53)51-47)17-15-38-36-39-16-18-43(38)62-33-29-58-25-21-56-23-27-60-31-35-64-45-14-10-11-41-42(45)12-9-13-44(41)63-34-30-59-26-22-55-20-24-57-28-32-61-39/h9-14,16,18,36H,3-8,19-35H2,1-2H3,(H3,49,50,51,52,53,54). The minimum Gasteiger partial charge on any atom is -0.491 e. The van der Waals surface area contributed by atoms with Crippen LogP contribution >= 0.6 is 0 Å². The van der Waals surface area contributed by atoms with E-state index in [1.807, 2.05) is 36.4 Å². The van der Waals surface area contributed by atoms with Gasteiger partial charge < -0.3 is 52.7 Å². The molecule has 64 heavy (non-hydrogen) atoms. The molecule has 3 N–H and O–H groups in total. The van der Waals surface area contributed by atoms with Crippen molar-refractivity contribution in [1.82, 2.24) is 15.3 Å². The van der Waals surface area contributed by atoms with Crippen LogP contribution in [-0.4, -0.2) is 128 Å². The van der Waals surface area contributed by atoms with Crippen LogP contribution in [0.25, 0.3) is 10.8 Å². The number of nitrogens with one attached hydrogen (secondary N) is 3. The molecular formula is C48H64N4O12. The molecule has 0 radical (unpaired) electrons. The summed E-state index contributed by atoms with van der Waals surface area (Å²) in [6.45, 7) is 10.4. The fourth-order valence-electron chi connectivity index (χ4n) is 6.44. The van der Waals surface area contributed by atoms with Gasteiger partial charge in [-0.1, -0.05) is 75.1 Å². The minimum atomic E-state index is -0.486. The molecule has 3 heterocycles. The summed E-state index contributed by atoms with van der Waals surface area (Å²) in [5, 5.41) is 7.34. The number of anilines is 1. The Morgan fingerprint density at radius 3 is 1.66 bits per heavy atom. The van der Waals surface area contributed by atoms with Crippen LogP contribution in [-0.2, 0) is 28.4 Å². The van der Waals surface area contributed by atoms with Crippen molar-refractivity contribution in [2.24, 2.45) is 0 Å². The topological polar surface area (TPSA) is 179 Å². The molecule has 2 amide bonds. The van der Waals surface area contributed by atoms with Gasteiger partial charge in [0.2, 0.25) is 5.95 Å².